The van der Waals surface area contributed by atoms with Crippen LogP contribution >= 0.6 is 0 Å². The van der Waals surface area contributed by atoms with E-state index in [2.05, 4.69) is 20.8 Å². The summed E-state index contributed by atoms with van der Waals surface area (Å²) in [6.45, 7) is 4.19. The Balaban J connectivity index is 1.32. The average Bonchev–Trinajstić information content (AvgIpc) is 3.50. The van der Waals surface area contributed by atoms with E-state index in [4.69, 9.17) is 18.6 Å². The standard InChI is InChI=1S/C25H24N4O7/c1-14-12-18(9-10-20(14)21-29-28-15(2)34-21)35-16-5-7-17(8-6-16)36-25(13-19-4-3-11-33-19)22(30)26-24(32)27-23(25)31/h5-10,12,19H,3-4,11,13H2,1-2H3,(H2,26,27,30,31,32). The van der Waals surface area contributed by atoms with Crippen LogP contribution in [0.25, 0.3) is 11.5 Å². The lowest BCUT2D eigenvalue weighted by molar-refractivity contribution is -0.154. The van der Waals surface area contributed by atoms with Gasteiger partial charge < -0.3 is 18.6 Å². The van der Waals surface area contributed by atoms with Gasteiger partial charge in [-0.1, -0.05) is 0 Å². The van der Waals surface area contributed by atoms with Crippen molar-refractivity contribution in [1.29, 1.82) is 0 Å². The summed E-state index contributed by atoms with van der Waals surface area (Å²) in [4.78, 5) is 37.2. The zero-order valence-electron chi connectivity index (χ0n) is 19.7. The van der Waals surface area contributed by atoms with E-state index in [9.17, 15) is 14.4 Å². The molecule has 1 unspecified atom stereocenters. The number of aromatic nitrogens is 2. The number of hydrogen-bond donors (Lipinski definition) is 2. The van der Waals surface area contributed by atoms with E-state index in [0.717, 1.165) is 17.5 Å². The Morgan fingerprint density at radius 2 is 1.67 bits per heavy atom. The summed E-state index contributed by atoms with van der Waals surface area (Å²) in [5, 5.41) is 12.2. The van der Waals surface area contributed by atoms with Crippen LogP contribution in [0, 0.1) is 13.8 Å². The Hall–Kier alpha value is -4.25. The molecule has 2 aliphatic heterocycles. The molecule has 0 saturated carbocycles. The Labute approximate surface area is 206 Å². The molecule has 1 atom stereocenters. The summed E-state index contributed by atoms with van der Waals surface area (Å²) in [6.07, 6.45) is 1.17. The van der Waals surface area contributed by atoms with Crippen LogP contribution in [0.15, 0.2) is 46.9 Å². The van der Waals surface area contributed by atoms with Crippen molar-refractivity contribution in [2.75, 3.05) is 6.61 Å². The highest BCUT2D eigenvalue weighted by molar-refractivity contribution is 6.21. The zero-order valence-corrected chi connectivity index (χ0v) is 19.7. The molecule has 11 nitrogen and oxygen atoms in total. The Bertz CT molecular complexity index is 1290. The maximum Gasteiger partial charge on any atom is 0.328 e. The predicted octanol–water partition coefficient (Wildman–Crippen LogP) is 3.20. The van der Waals surface area contributed by atoms with Gasteiger partial charge in [-0.25, -0.2) is 4.79 Å². The van der Waals surface area contributed by atoms with Gasteiger partial charge in [-0.2, -0.15) is 0 Å². The smallest absolute Gasteiger partial charge is 0.328 e. The van der Waals surface area contributed by atoms with Crippen molar-refractivity contribution in [3.8, 4) is 28.7 Å². The molecule has 3 heterocycles. The number of barbiturate groups is 1. The minimum Gasteiger partial charge on any atom is -0.467 e. The first-order chi connectivity index (χ1) is 17.3. The fourth-order valence-electron chi connectivity index (χ4n) is 4.25. The number of amides is 4. The number of ether oxygens (including phenoxy) is 3. The van der Waals surface area contributed by atoms with Crippen molar-refractivity contribution in [3.05, 3.63) is 53.9 Å². The summed E-state index contributed by atoms with van der Waals surface area (Å²) in [5.41, 5.74) is -0.215. The van der Waals surface area contributed by atoms with Crippen LogP contribution in [-0.2, 0) is 14.3 Å². The first-order valence-corrected chi connectivity index (χ1v) is 11.5. The fraction of sp³-hybridized carbons (Fsp3) is 0.320. The molecule has 36 heavy (non-hydrogen) atoms. The number of carbonyl (C=O) groups excluding carboxylic acids is 3. The first kappa shape index (κ1) is 23.5. The van der Waals surface area contributed by atoms with Crippen LogP contribution in [0.1, 0.15) is 30.7 Å². The monoisotopic (exact) mass is 492 g/mol. The van der Waals surface area contributed by atoms with Crippen molar-refractivity contribution in [3.63, 3.8) is 0 Å². The van der Waals surface area contributed by atoms with Crippen molar-refractivity contribution >= 4 is 17.8 Å². The number of carbonyl (C=O) groups is 3. The molecule has 1 aromatic heterocycles. The molecule has 4 amide bonds. The molecule has 2 aromatic carbocycles. The van der Waals surface area contributed by atoms with Crippen LogP contribution in [0.3, 0.4) is 0 Å². The highest BCUT2D eigenvalue weighted by atomic mass is 16.5. The number of aryl methyl sites for hydroxylation is 2. The number of imide groups is 2. The molecular formula is C25H24N4O7. The summed E-state index contributed by atoms with van der Waals surface area (Å²) >= 11 is 0. The molecule has 5 rings (SSSR count). The second kappa shape index (κ2) is 9.42. The van der Waals surface area contributed by atoms with Crippen LogP contribution in [-0.4, -0.2) is 46.4 Å². The van der Waals surface area contributed by atoms with Gasteiger partial charge in [-0.3, -0.25) is 20.2 Å². The minimum absolute atomic E-state index is 0.0125. The number of hydrogen-bond acceptors (Lipinski definition) is 9. The van der Waals surface area contributed by atoms with Gasteiger partial charge >= 0.3 is 6.03 Å². The van der Waals surface area contributed by atoms with Crippen molar-refractivity contribution < 1.29 is 33.0 Å². The van der Waals surface area contributed by atoms with Crippen LogP contribution in [0.5, 0.6) is 17.2 Å². The van der Waals surface area contributed by atoms with Gasteiger partial charge in [0.1, 0.15) is 17.2 Å². The van der Waals surface area contributed by atoms with Crippen LogP contribution in [0.2, 0.25) is 0 Å². The van der Waals surface area contributed by atoms with E-state index in [1.807, 2.05) is 19.1 Å². The fourth-order valence-corrected chi connectivity index (χ4v) is 4.25. The quantitative estimate of drug-likeness (QED) is 0.475. The molecule has 0 bridgehead atoms. The highest BCUT2D eigenvalue weighted by Gasteiger charge is 2.54. The van der Waals surface area contributed by atoms with Gasteiger partial charge in [0.05, 0.1) is 6.10 Å². The predicted molar refractivity (Wildman–Crippen MR) is 124 cm³/mol. The van der Waals surface area contributed by atoms with E-state index in [0.29, 0.717) is 36.3 Å². The third-order valence-corrected chi connectivity index (χ3v) is 6.03. The number of urea groups is 1. The molecule has 3 aromatic rings. The third-order valence-electron chi connectivity index (χ3n) is 6.03. The van der Waals surface area contributed by atoms with Crippen molar-refractivity contribution in [1.82, 2.24) is 20.8 Å². The number of rotatable bonds is 7. The normalized spacial score (nSPS) is 19.1. The lowest BCUT2D eigenvalue weighted by Crippen LogP contribution is -2.69. The van der Waals surface area contributed by atoms with Gasteiger partial charge in [0.15, 0.2) is 0 Å². The van der Waals surface area contributed by atoms with Crippen LogP contribution in [0.4, 0.5) is 4.79 Å². The number of nitrogens with one attached hydrogen (secondary N) is 2. The summed E-state index contributed by atoms with van der Waals surface area (Å²) < 4.78 is 23.0. The molecule has 11 heteroatoms. The number of benzene rings is 2. The molecule has 0 aliphatic carbocycles. The van der Waals surface area contributed by atoms with E-state index >= 15 is 0 Å². The SMILES string of the molecule is Cc1nnc(-c2ccc(Oc3ccc(OC4(CC5CCCO5)C(=O)NC(=O)NC4=O)cc3)cc2C)o1. The molecule has 0 spiro atoms. The first-order valence-electron chi connectivity index (χ1n) is 11.5. The molecular weight excluding hydrogens is 468 g/mol. The minimum atomic E-state index is -1.93. The van der Waals surface area contributed by atoms with Gasteiger partial charge in [0.25, 0.3) is 17.4 Å². The summed E-state index contributed by atoms with van der Waals surface area (Å²) in [6, 6.07) is 11.1. The Kier molecular flexibility index (Phi) is 6.15. The average molecular weight is 492 g/mol. The van der Waals surface area contributed by atoms with Crippen molar-refractivity contribution in [2.24, 2.45) is 0 Å². The second-order valence-electron chi connectivity index (χ2n) is 8.68. The van der Waals surface area contributed by atoms with E-state index in [-0.39, 0.29) is 18.3 Å². The van der Waals surface area contributed by atoms with E-state index < -0.39 is 23.4 Å². The lowest BCUT2D eigenvalue weighted by atomic mass is 9.91. The van der Waals surface area contributed by atoms with Crippen molar-refractivity contribution in [2.45, 2.75) is 44.8 Å². The molecule has 0 radical (unpaired) electrons. The Morgan fingerprint density at radius 1 is 0.972 bits per heavy atom. The van der Waals surface area contributed by atoms with E-state index in [1.54, 1.807) is 37.3 Å². The Morgan fingerprint density at radius 3 is 2.28 bits per heavy atom. The third kappa shape index (κ3) is 4.65. The zero-order chi connectivity index (χ0) is 25.3. The van der Waals surface area contributed by atoms with Gasteiger partial charge in [0.2, 0.25) is 11.8 Å². The van der Waals surface area contributed by atoms with Gasteiger partial charge in [-0.15, -0.1) is 10.2 Å². The van der Waals surface area contributed by atoms with Crippen LogP contribution < -0.4 is 20.1 Å². The second-order valence-corrected chi connectivity index (χ2v) is 8.68. The molecule has 2 fully saturated rings. The summed E-state index contributed by atoms with van der Waals surface area (Å²) in [7, 11) is 0. The lowest BCUT2D eigenvalue weighted by Gasteiger charge is -2.35. The molecule has 186 valence electrons. The summed E-state index contributed by atoms with van der Waals surface area (Å²) in [5.74, 6) is 0.660. The van der Waals surface area contributed by atoms with Gasteiger partial charge in [0, 0.05) is 25.5 Å². The molecule has 2 saturated heterocycles. The molecule has 2 aliphatic rings. The maximum atomic E-state index is 12.8. The maximum absolute atomic E-state index is 12.8. The van der Waals surface area contributed by atoms with Gasteiger partial charge in [-0.05, 0) is 67.8 Å². The molecule has 2 N–H and O–H groups in total. The largest absolute Gasteiger partial charge is 0.467 e. The topological polar surface area (TPSA) is 142 Å². The highest BCUT2D eigenvalue weighted by Crippen LogP contribution is 2.33. The van der Waals surface area contributed by atoms with E-state index in [1.165, 1.54) is 0 Å². The number of nitrogens with zero attached hydrogens (tertiary/aromatic N) is 2.